The Hall–Kier alpha value is -0.200. The summed E-state index contributed by atoms with van der Waals surface area (Å²) in [4.78, 5) is 2.18. The zero-order chi connectivity index (χ0) is 20.3. The number of likely N-dealkylation sites (tertiary alicyclic amines) is 1. The van der Waals surface area contributed by atoms with Gasteiger partial charge in [-0.1, -0.05) is 78.6 Å². The topological polar surface area (TPSA) is 84.2 Å². The van der Waals surface area contributed by atoms with Gasteiger partial charge in [0.2, 0.25) is 0 Å². The lowest BCUT2D eigenvalue weighted by atomic mass is 9.77. The normalized spacial score (nSPS) is 27.2. The molecule has 0 unspecified atom stereocenters. The molecule has 162 valence electrons. The molecule has 5 nitrogen and oxygen atoms in total. The van der Waals surface area contributed by atoms with Crippen LogP contribution in [0.1, 0.15) is 97.8 Å². The lowest BCUT2D eigenvalue weighted by Crippen LogP contribution is -2.68. The molecule has 0 spiro atoms. The smallest absolute Gasteiger partial charge is 0.109 e. The predicted molar refractivity (Wildman–Crippen MR) is 111 cm³/mol. The molecule has 0 saturated carbocycles. The number of rotatable bonds is 14. The van der Waals surface area contributed by atoms with Crippen LogP contribution in [-0.2, 0) is 0 Å². The maximum atomic E-state index is 10.5. The standard InChI is InChI=1S/C22H45NO4/c1-4-7-10-13-22(14-11-8-5-2,15-12-9-6-3)23-16-19(25)21(27)20(26)18(23)17-24/h18-21,24-27H,4-17H2,1-3H3/t18-,19+,20-,21-/m1/s1. The van der Waals surface area contributed by atoms with Crippen LogP contribution in [0.4, 0.5) is 0 Å². The molecule has 1 aliphatic heterocycles. The van der Waals surface area contributed by atoms with Gasteiger partial charge in [-0.05, 0) is 19.3 Å². The van der Waals surface area contributed by atoms with Crippen molar-refractivity contribution >= 4 is 0 Å². The summed E-state index contributed by atoms with van der Waals surface area (Å²) in [5, 5.41) is 41.1. The lowest BCUT2D eigenvalue weighted by Gasteiger charge is -2.54. The Labute approximate surface area is 166 Å². The van der Waals surface area contributed by atoms with E-state index >= 15 is 0 Å². The molecule has 0 amide bonds. The summed E-state index contributed by atoms with van der Waals surface area (Å²) >= 11 is 0. The summed E-state index contributed by atoms with van der Waals surface area (Å²) in [5.74, 6) is 0. The van der Waals surface area contributed by atoms with E-state index < -0.39 is 24.4 Å². The van der Waals surface area contributed by atoms with Crippen LogP contribution in [0.2, 0.25) is 0 Å². The van der Waals surface area contributed by atoms with E-state index in [1.807, 2.05) is 0 Å². The molecule has 0 bridgehead atoms. The zero-order valence-corrected chi connectivity index (χ0v) is 17.9. The molecule has 1 heterocycles. The number of β-amino-alcohol motifs (C(OH)–C–C–N with tert-alkyl or cyclic N) is 1. The van der Waals surface area contributed by atoms with Gasteiger partial charge in [-0.25, -0.2) is 0 Å². The second kappa shape index (κ2) is 13.1. The molecular formula is C22H45NO4. The van der Waals surface area contributed by atoms with Crippen molar-refractivity contribution in [1.29, 1.82) is 0 Å². The highest BCUT2D eigenvalue weighted by molar-refractivity contribution is 5.02. The molecule has 4 N–H and O–H groups in total. The Bertz CT molecular complexity index is 353. The highest BCUT2D eigenvalue weighted by Gasteiger charge is 2.48. The average Bonchev–Trinajstić information content (AvgIpc) is 2.66. The van der Waals surface area contributed by atoms with Crippen LogP contribution >= 0.6 is 0 Å². The summed E-state index contributed by atoms with van der Waals surface area (Å²) in [6.07, 6.45) is 10.2. The quantitative estimate of drug-likeness (QED) is 0.344. The molecule has 27 heavy (non-hydrogen) atoms. The van der Waals surface area contributed by atoms with E-state index in [0.717, 1.165) is 57.8 Å². The van der Waals surface area contributed by atoms with Crippen molar-refractivity contribution in [2.45, 2.75) is 128 Å². The first-order valence-corrected chi connectivity index (χ1v) is 11.4. The maximum Gasteiger partial charge on any atom is 0.109 e. The monoisotopic (exact) mass is 387 g/mol. The van der Waals surface area contributed by atoms with Gasteiger partial charge in [-0.3, -0.25) is 4.90 Å². The van der Waals surface area contributed by atoms with Crippen LogP contribution in [0, 0.1) is 0 Å². The molecule has 0 radical (unpaired) electrons. The number of unbranched alkanes of at least 4 members (excludes halogenated alkanes) is 6. The highest BCUT2D eigenvalue weighted by Crippen LogP contribution is 2.39. The van der Waals surface area contributed by atoms with Crippen LogP contribution in [0.15, 0.2) is 0 Å². The molecule has 1 fully saturated rings. The average molecular weight is 388 g/mol. The molecule has 0 aromatic carbocycles. The molecule has 1 aliphatic rings. The molecule has 4 atom stereocenters. The van der Waals surface area contributed by atoms with E-state index in [0.29, 0.717) is 6.54 Å². The van der Waals surface area contributed by atoms with Crippen molar-refractivity contribution in [2.24, 2.45) is 0 Å². The Morgan fingerprint density at radius 2 is 1.19 bits per heavy atom. The van der Waals surface area contributed by atoms with Gasteiger partial charge in [0.15, 0.2) is 0 Å². The summed E-state index contributed by atoms with van der Waals surface area (Å²) in [6, 6.07) is -0.506. The first-order chi connectivity index (χ1) is 13.0. The lowest BCUT2D eigenvalue weighted by molar-refractivity contribution is -0.174. The minimum absolute atomic E-state index is 0.116. The molecular weight excluding hydrogens is 342 g/mol. The fraction of sp³-hybridized carbons (Fsp3) is 1.00. The molecule has 0 aromatic rings. The first kappa shape index (κ1) is 24.8. The van der Waals surface area contributed by atoms with Crippen LogP contribution in [0.5, 0.6) is 0 Å². The zero-order valence-electron chi connectivity index (χ0n) is 17.9. The SMILES string of the molecule is CCCCCC(CCCCC)(CCCCC)N1C[C@H](O)[C@@H](O)[C@H](O)[C@H]1CO. The van der Waals surface area contributed by atoms with E-state index in [-0.39, 0.29) is 12.1 Å². The highest BCUT2D eigenvalue weighted by atomic mass is 16.4. The molecule has 1 saturated heterocycles. The number of nitrogens with zero attached hydrogens (tertiary/aromatic N) is 1. The van der Waals surface area contributed by atoms with E-state index in [1.165, 1.54) is 19.3 Å². The Morgan fingerprint density at radius 1 is 0.741 bits per heavy atom. The van der Waals surface area contributed by atoms with Crippen LogP contribution < -0.4 is 0 Å². The van der Waals surface area contributed by atoms with Gasteiger partial charge in [0, 0.05) is 12.1 Å². The van der Waals surface area contributed by atoms with Gasteiger partial charge in [0.25, 0.3) is 0 Å². The minimum atomic E-state index is -1.18. The third kappa shape index (κ3) is 6.97. The summed E-state index contributed by atoms with van der Waals surface area (Å²) < 4.78 is 0. The molecule has 5 heteroatoms. The number of piperidine rings is 1. The molecule has 1 rings (SSSR count). The third-order valence-corrected chi connectivity index (χ3v) is 6.46. The molecule has 0 aromatic heterocycles. The summed E-state index contributed by atoms with van der Waals surface area (Å²) in [7, 11) is 0. The largest absolute Gasteiger partial charge is 0.395 e. The van der Waals surface area contributed by atoms with E-state index in [9.17, 15) is 20.4 Å². The van der Waals surface area contributed by atoms with Crippen molar-refractivity contribution in [3.63, 3.8) is 0 Å². The fourth-order valence-corrected chi connectivity index (χ4v) is 4.75. The van der Waals surface area contributed by atoms with Crippen LogP contribution in [-0.4, -0.2) is 68.4 Å². The van der Waals surface area contributed by atoms with Crippen LogP contribution in [0.3, 0.4) is 0 Å². The molecule has 0 aliphatic carbocycles. The van der Waals surface area contributed by atoms with E-state index in [2.05, 4.69) is 25.7 Å². The van der Waals surface area contributed by atoms with Gasteiger partial charge in [0.05, 0.1) is 18.8 Å². The van der Waals surface area contributed by atoms with Gasteiger partial charge in [0.1, 0.15) is 12.2 Å². The Kier molecular flexibility index (Phi) is 12.1. The Balaban J connectivity index is 3.13. The third-order valence-electron chi connectivity index (χ3n) is 6.46. The van der Waals surface area contributed by atoms with E-state index in [4.69, 9.17) is 0 Å². The van der Waals surface area contributed by atoms with Gasteiger partial charge >= 0.3 is 0 Å². The van der Waals surface area contributed by atoms with Crippen molar-refractivity contribution in [1.82, 2.24) is 4.90 Å². The second-order valence-electron chi connectivity index (χ2n) is 8.55. The fourth-order valence-electron chi connectivity index (χ4n) is 4.75. The Morgan fingerprint density at radius 3 is 1.56 bits per heavy atom. The van der Waals surface area contributed by atoms with Crippen molar-refractivity contribution in [3.05, 3.63) is 0 Å². The summed E-state index contributed by atoms with van der Waals surface area (Å²) in [6.45, 7) is 6.75. The van der Waals surface area contributed by atoms with Gasteiger partial charge in [-0.15, -0.1) is 0 Å². The number of aliphatic hydroxyl groups is 4. The number of hydrogen-bond donors (Lipinski definition) is 4. The van der Waals surface area contributed by atoms with Crippen molar-refractivity contribution in [2.75, 3.05) is 13.2 Å². The van der Waals surface area contributed by atoms with Crippen molar-refractivity contribution in [3.8, 4) is 0 Å². The van der Waals surface area contributed by atoms with Crippen molar-refractivity contribution < 1.29 is 20.4 Å². The number of hydrogen-bond acceptors (Lipinski definition) is 5. The second-order valence-corrected chi connectivity index (χ2v) is 8.55. The van der Waals surface area contributed by atoms with E-state index in [1.54, 1.807) is 0 Å². The van der Waals surface area contributed by atoms with Crippen LogP contribution in [0.25, 0.3) is 0 Å². The van der Waals surface area contributed by atoms with Gasteiger partial charge < -0.3 is 20.4 Å². The number of aliphatic hydroxyl groups excluding tert-OH is 4. The maximum absolute atomic E-state index is 10.5. The van der Waals surface area contributed by atoms with Gasteiger partial charge in [-0.2, -0.15) is 0 Å². The predicted octanol–water partition coefficient (Wildman–Crippen LogP) is 3.23. The first-order valence-electron chi connectivity index (χ1n) is 11.4. The minimum Gasteiger partial charge on any atom is -0.395 e. The summed E-state index contributed by atoms with van der Waals surface area (Å²) in [5.41, 5.74) is -0.116.